The van der Waals surface area contributed by atoms with E-state index < -0.39 is 30.4 Å². The highest BCUT2D eigenvalue weighted by atomic mass is 35.5. The van der Waals surface area contributed by atoms with E-state index in [1.54, 1.807) is 12.3 Å². The lowest BCUT2D eigenvalue weighted by atomic mass is 9.45. The van der Waals surface area contributed by atoms with Crippen molar-refractivity contribution in [1.82, 2.24) is 0 Å². The van der Waals surface area contributed by atoms with Gasteiger partial charge in [0.1, 0.15) is 0 Å². The minimum absolute atomic E-state index is 0.0344. The second kappa shape index (κ2) is 7.18. The molecular weight excluding hydrogens is 430 g/mol. The topological polar surface area (TPSA) is 90.5 Å². The number of nitrogens with zero attached hydrogens (tertiary/aromatic N) is 1. The average Bonchev–Trinajstić information content (AvgIpc) is 2.94. The van der Waals surface area contributed by atoms with Crippen LogP contribution in [0.4, 0.5) is 0 Å². The molecule has 0 saturated heterocycles. The fraction of sp³-hybridized carbons (Fsp3) is 0.750. The van der Waals surface area contributed by atoms with Crippen LogP contribution in [0, 0.1) is 40.1 Å². The van der Waals surface area contributed by atoms with Gasteiger partial charge in [-0.25, -0.2) is 0 Å². The second-order valence-corrected chi connectivity index (χ2v) is 16.1. The van der Waals surface area contributed by atoms with E-state index in [2.05, 4.69) is 20.4 Å². The molecule has 0 bridgehead atoms. The third-order valence-corrected chi connectivity index (χ3v) is 13.7. The van der Waals surface area contributed by atoms with E-state index in [1.165, 1.54) is 0 Å². The van der Waals surface area contributed by atoms with Gasteiger partial charge in [0.05, 0.1) is 16.7 Å². The largest absolute Gasteiger partial charge is 0.481 e. The number of aliphatic hydroxyl groups excluding tert-OH is 1. The highest BCUT2D eigenvalue weighted by Gasteiger charge is 2.70. The third kappa shape index (κ3) is 3.03. The van der Waals surface area contributed by atoms with Crippen molar-refractivity contribution in [1.29, 1.82) is 5.26 Å². The van der Waals surface area contributed by atoms with Crippen LogP contribution in [0.1, 0.15) is 52.4 Å². The Hall–Kier alpha value is -1.13. The van der Waals surface area contributed by atoms with Crippen LogP contribution in [-0.4, -0.2) is 41.0 Å². The Bertz CT molecular complexity index is 897. The lowest BCUT2D eigenvalue weighted by Gasteiger charge is -2.61. The molecule has 0 aromatic heterocycles. The molecule has 3 saturated carbocycles. The number of ketones is 1. The minimum Gasteiger partial charge on any atom is -0.481 e. The van der Waals surface area contributed by atoms with E-state index >= 15 is 0 Å². The molecule has 4 aliphatic rings. The summed E-state index contributed by atoms with van der Waals surface area (Å²) in [6.45, 7) is 12.3. The van der Waals surface area contributed by atoms with Crippen molar-refractivity contribution < 1.29 is 19.4 Å². The van der Waals surface area contributed by atoms with Crippen LogP contribution in [0.15, 0.2) is 23.8 Å². The van der Waals surface area contributed by atoms with Gasteiger partial charge < -0.3 is 14.6 Å². The highest BCUT2D eigenvalue weighted by molar-refractivity contribution is 6.80. The molecule has 0 aromatic carbocycles. The van der Waals surface area contributed by atoms with E-state index in [0.717, 1.165) is 30.4 Å². The number of halogens is 1. The van der Waals surface area contributed by atoms with E-state index in [1.807, 2.05) is 13.1 Å². The van der Waals surface area contributed by atoms with Crippen LogP contribution in [0.25, 0.3) is 0 Å². The molecule has 4 rings (SSSR count). The van der Waals surface area contributed by atoms with Gasteiger partial charge >= 0.3 is 0 Å². The number of nitriles is 1. The standard InChI is InChI=1S/C24H34ClNO4Si/c1-14-10-16-17-7-9-24(29,21(25)31(4,5)30-13-26)23(17,3)12-19(28)20(16)22(2)8-6-15(27)11-18(14)22/h11,16-17,19-21,28-29H,1,6-10,12H2,2-5H3/t16?,17?,19-,20?,21+,22-,23-,24-/m0/s1. The molecule has 8 atom stereocenters. The molecule has 7 heteroatoms. The van der Waals surface area contributed by atoms with Gasteiger partial charge in [-0.05, 0) is 80.0 Å². The van der Waals surface area contributed by atoms with Crippen LogP contribution in [-0.2, 0) is 9.22 Å². The molecule has 4 aliphatic carbocycles. The summed E-state index contributed by atoms with van der Waals surface area (Å²) in [7, 11) is -2.69. The number of rotatable bonds is 3. The molecule has 2 N–H and O–H groups in total. The summed E-state index contributed by atoms with van der Waals surface area (Å²) < 4.78 is 5.38. The molecule has 3 unspecified atom stereocenters. The summed E-state index contributed by atoms with van der Waals surface area (Å²) in [6, 6.07) is 0. The fourth-order valence-corrected chi connectivity index (χ4v) is 10.4. The van der Waals surface area contributed by atoms with Gasteiger partial charge in [-0.2, -0.15) is 5.26 Å². The number of allylic oxidation sites excluding steroid dienone is 2. The second-order valence-electron chi connectivity index (χ2n) is 11.4. The Labute approximate surface area is 191 Å². The van der Waals surface area contributed by atoms with E-state index in [4.69, 9.17) is 21.3 Å². The SMILES string of the molecule is C=C1CC2C([C@@H](O)C[C@@]3(C)C2CC[C@]3(O)[C@H](Cl)[Si](C)(C)OC#N)[C@@]2(C)CCC(=O)C=C12. The predicted molar refractivity (Wildman–Crippen MR) is 121 cm³/mol. The molecule has 0 aromatic rings. The summed E-state index contributed by atoms with van der Waals surface area (Å²) in [4.78, 5) is 12.1. The van der Waals surface area contributed by atoms with Crippen molar-refractivity contribution in [2.24, 2.45) is 28.6 Å². The number of hydrogen-bond acceptors (Lipinski definition) is 5. The predicted octanol–water partition coefficient (Wildman–Crippen LogP) is 4.24. The Morgan fingerprint density at radius 2 is 2.06 bits per heavy atom. The van der Waals surface area contributed by atoms with E-state index in [9.17, 15) is 15.0 Å². The minimum atomic E-state index is -2.69. The number of carbonyl (C=O) groups is 1. The van der Waals surface area contributed by atoms with Gasteiger partial charge in [0.2, 0.25) is 0 Å². The number of carbonyl (C=O) groups excluding carboxylic acids is 1. The van der Waals surface area contributed by atoms with Crippen molar-refractivity contribution in [2.45, 2.75) is 82.2 Å². The van der Waals surface area contributed by atoms with Gasteiger partial charge in [-0.1, -0.05) is 26.0 Å². The number of hydrogen-bond donors (Lipinski definition) is 2. The first kappa shape index (κ1) is 23.0. The molecule has 0 amide bonds. The van der Waals surface area contributed by atoms with Crippen molar-refractivity contribution >= 4 is 25.7 Å². The van der Waals surface area contributed by atoms with Crippen LogP contribution in [0.2, 0.25) is 13.1 Å². The summed E-state index contributed by atoms with van der Waals surface area (Å²) in [5, 5.41) is 32.0. The Kier molecular flexibility index (Phi) is 5.34. The summed E-state index contributed by atoms with van der Waals surface area (Å²) in [6.07, 6.45) is 6.73. The fourth-order valence-electron chi connectivity index (χ4n) is 7.90. The first-order chi connectivity index (χ1) is 14.3. The first-order valence-corrected chi connectivity index (χ1v) is 14.8. The molecule has 5 nitrogen and oxygen atoms in total. The smallest absolute Gasteiger partial charge is 0.282 e. The van der Waals surface area contributed by atoms with E-state index in [0.29, 0.717) is 19.3 Å². The van der Waals surface area contributed by atoms with Crippen LogP contribution >= 0.6 is 11.6 Å². The maximum absolute atomic E-state index is 12.1. The number of alkyl halides is 1. The van der Waals surface area contributed by atoms with Crippen LogP contribution in [0.3, 0.4) is 0 Å². The summed E-state index contributed by atoms with van der Waals surface area (Å²) >= 11 is 6.90. The van der Waals surface area contributed by atoms with E-state index in [-0.39, 0.29) is 29.0 Å². The normalized spacial score (nSPS) is 45.7. The van der Waals surface area contributed by atoms with Crippen molar-refractivity contribution in [2.75, 3.05) is 0 Å². The molecule has 170 valence electrons. The Morgan fingerprint density at radius 1 is 1.39 bits per heavy atom. The lowest BCUT2D eigenvalue weighted by Crippen LogP contribution is -2.65. The molecular formula is C24H34ClNO4Si. The van der Waals surface area contributed by atoms with Gasteiger partial charge in [-0.3, -0.25) is 4.79 Å². The Balaban J connectivity index is 1.74. The van der Waals surface area contributed by atoms with Crippen LogP contribution < -0.4 is 0 Å². The highest BCUT2D eigenvalue weighted by Crippen LogP contribution is 2.69. The maximum atomic E-state index is 12.1. The Morgan fingerprint density at radius 3 is 2.71 bits per heavy atom. The molecule has 3 fully saturated rings. The summed E-state index contributed by atoms with van der Waals surface area (Å²) in [5.74, 6) is 0.544. The molecule has 31 heavy (non-hydrogen) atoms. The monoisotopic (exact) mass is 463 g/mol. The number of aliphatic hydroxyl groups is 2. The zero-order valence-electron chi connectivity index (χ0n) is 18.9. The zero-order chi connectivity index (χ0) is 23.0. The van der Waals surface area contributed by atoms with Gasteiger partial charge in [-0.15, -0.1) is 11.6 Å². The zero-order valence-corrected chi connectivity index (χ0v) is 20.7. The average molecular weight is 464 g/mol. The third-order valence-electron chi connectivity index (χ3n) is 9.42. The molecule has 0 heterocycles. The molecule has 0 spiro atoms. The maximum Gasteiger partial charge on any atom is 0.282 e. The van der Waals surface area contributed by atoms with Gasteiger partial charge in [0, 0.05) is 11.8 Å². The molecule has 0 radical (unpaired) electrons. The van der Waals surface area contributed by atoms with Gasteiger partial charge in [0.15, 0.2) is 5.78 Å². The summed E-state index contributed by atoms with van der Waals surface area (Å²) in [5.41, 5.74) is -0.0432. The van der Waals surface area contributed by atoms with Gasteiger partial charge in [0.25, 0.3) is 14.6 Å². The quantitative estimate of drug-likeness (QED) is 0.371. The first-order valence-electron chi connectivity index (χ1n) is 11.4. The lowest BCUT2D eigenvalue weighted by molar-refractivity contribution is -0.164. The van der Waals surface area contributed by atoms with Crippen molar-refractivity contribution in [3.63, 3.8) is 0 Å². The van der Waals surface area contributed by atoms with Crippen molar-refractivity contribution in [3.8, 4) is 6.26 Å². The number of fused-ring (bicyclic) bond motifs is 5. The van der Waals surface area contributed by atoms with Crippen molar-refractivity contribution in [3.05, 3.63) is 23.8 Å². The molecule has 0 aliphatic heterocycles. The van der Waals surface area contributed by atoms with Crippen LogP contribution in [0.5, 0.6) is 0 Å².